The Morgan fingerprint density at radius 3 is 2.40 bits per heavy atom. The van der Waals surface area contributed by atoms with Gasteiger partial charge in [-0.3, -0.25) is 4.79 Å². The first-order valence-electron chi connectivity index (χ1n) is 8.22. The van der Waals surface area contributed by atoms with Crippen LogP contribution in [0.1, 0.15) is 27.9 Å². The van der Waals surface area contributed by atoms with Crippen LogP contribution < -0.4 is 5.32 Å². The zero-order chi connectivity index (χ0) is 17.3. The van der Waals surface area contributed by atoms with Crippen molar-refractivity contribution in [3.63, 3.8) is 0 Å². The highest BCUT2D eigenvalue weighted by molar-refractivity contribution is 5.94. The van der Waals surface area contributed by atoms with Crippen LogP contribution in [0.4, 0.5) is 0 Å². The number of carbonyl (C=O) groups excluding carboxylic acids is 1. The molecule has 4 nitrogen and oxygen atoms in total. The van der Waals surface area contributed by atoms with E-state index in [-0.39, 0.29) is 5.91 Å². The third-order valence-electron chi connectivity index (χ3n) is 3.71. The highest BCUT2D eigenvalue weighted by atomic mass is 16.1. The predicted molar refractivity (Wildman–Crippen MR) is 98.0 cm³/mol. The van der Waals surface area contributed by atoms with E-state index in [1.165, 1.54) is 0 Å². The first-order chi connectivity index (χ1) is 12.3. The molecule has 0 fully saturated rings. The van der Waals surface area contributed by atoms with Crippen molar-refractivity contribution < 1.29 is 4.79 Å². The Bertz CT molecular complexity index is 857. The summed E-state index contributed by atoms with van der Waals surface area (Å²) in [6.07, 6.45) is 6.30. The summed E-state index contributed by atoms with van der Waals surface area (Å²) in [5.74, 6) is 6.15. The van der Waals surface area contributed by atoms with E-state index in [2.05, 4.69) is 22.1 Å². The number of carbonyl (C=O) groups is 1. The van der Waals surface area contributed by atoms with Gasteiger partial charge in [0.1, 0.15) is 0 Å². The third kappa shape index (κ3) is 5.08. The number of nitrogens with zero attached hydrogens (tertiary/aromatic N) is 2. The van der Waals surface area contributed by atoms with Gasteiger partial charge >= 0.3 is 0 Å². The molecule has 0 bridgehead atoms. The molecule has 124 valence electrons. The maximum absolute atomic E-state index is 12.1. The number of benzene rings is 2. The van der Waals surface area contributed by atoms with Crippen molar-refractivity contribution >= 4 is 5.91 Å². The zero-order valence-electron chi connectivity index (χ0n) is 13.9. The number of aromatic nitrogens is 2. The third-order valence-corrected chi connectivity index (χ3v) is 3.71. The van der Waals surface area contributed by atoms with Gasteiger partial charge in [-0.15, -0.1) is 0 Å². The Morgan fingerprint density at radius 2 is 1.72 bits per heavy atom. The Kier molecular flexibility index (Phi) is 5.63. The molecule has 0 aliphatic rings. The molecule has 2 aromatic carbocycles. The number of hydrogen-bond donors (Lipinski definition) is 1. The number of imidazole rings is 1. The van der Waals surface area contributed by atoms with Crippen molar-refractivity contribution in [3.8, 4) is 11.8 Å². The van der Waals surface area contributed by atoms with Crippen LogP contribution in [0, 0.1) is 11.8 Å². The van der Waals surface area contributed by atoms with Crippen molar-refractivity contribution in [2.45, 2.75) is 13.0 Å². The van der Waals surface area contributed by atoms with Crippen LogP contribution in [0.25, 0.3) is 0 Å². The second-order valence-corrected chi connectivity index (χ2v) is 5.60. The number of amides is 1. The largest absolute Gasteiger partial charge is 0.352 e. The average Bonchev–Trinajstić information content (AvgIpc) is 3.18. The van der Waals surface area contributed by atoms with E-state index in [0.29, 0.717) is 12.1 Å². The smallest absolute Gasteiger partial charge is 0.251 e. The molecule has 0 spiro atoms. The fourth-order valence-corrected chi connectivity index (χ4v) is 2.36. The Hall–Kier alpha value is -3.32. The molecule has 0 saturated heterocycles. The van der Waals surface area contributed by atoms with Gasteiger partial charge in [-0.05, 0) is 42.8 Å². The summed E-state index contributed by atoms with van der Waals surface area (Å²) in [7, 11) is 0. The van der Waals surface area contributed by atoms with Crippen molar-refractivity contribution in [1.29, 1.82) is 0 Å². The van der Waals surface area contributed by atoms with Crippen molar-refractivity contribution in [1.82, 2.24) is 14.9 Å². The maximum atomic E-state index is 12.1. The molecule has 0 unspecified atom stereocenters. The molecule has 0 aliphatic carbocycles. The van der Waals surface area contributed by atoms with Gasteiger partial charge in [0.2, 0.25) is 0 Å². The van der Waals surface area contributed by atoms with Crippen molar-refractivity contribution in [3.05, 3.63) is 90.0 Å². The lowest BCUT2D eigenvalue weighted by Crippen LogP contribution is -2.25. The van der Waals surface area contributed by atoms with E-state index in [4.69, 9.17) is 0 Å². The quantitative estimate of drug-likeness (QED) is 0.577. The molecule has 4 heteroatoms. The molecule has 0 radical (unpaired) electrons. The molecule has 0 atom stereocenters. The van der Waals surface area contributed by atoms with Crippen LogP contribution in [-0.2, 0) is 6.54 Å². The lowest BCUT2D eigenvalue weighted by atomic mass is 10.1. The minimum absolute atomic E-state index is 0.0619. The van der Waals surface area contributed by atoms with Crippen LogP contribution in [0.2, 0.25) is 0 Å². The van der Waals surface area contributed by atoms with E-state index in [0.717, 1.165) is 24.1 Å². The van der Waals surface area contributed by atoms with Crippen molar-refractivity contribution in [2.75, 3.05) is 6.54 Å². The summed E-state index contributed by atoms with van der Waals surface area (Å²) in [6, 6.07) is 17.2. The zero-order valence-corrected chi connectivity index (χ0v) is 13.9. The SMILES string of the molecule is O=C(NCCCn1ccnc1)c1ccc(C#Cc2ccccc2)cc1. The van der Waals surface area contributed by atoms with Gasteiger partial charge in [0.15, 0.2) is 0 Å². The molecule has 1 amide bonds. The van der Waals surface area contributed by atoms with E-state index in [9.17, 15) is 4.79 Å². The molecular weight excluding hydrogens is 310 g/mol. The van der Waals surface area contributed by atoms with Crippen LogP contribution in [0.3, 0.4) is 0 Å². The standard InChI is InChI=1S/C21H19N3O/c25-21(23-13-4-15-24-16-14-22-17-24)20-11-9-19(10-12-20)8-7-18-5-2-1-3-6-18/h1-3,5-6,9-12,14,16-17H,4,13,15H2,(H,23,25). The minimum Gasteiger partial charge on any atom is -0.352 e. The van der Waals surface area contributed by atoms with E-state index in [1.54, 1.807) is 24.7 Å². The van der Waals surface area contributed by atoms with E-state index >= 15 is 0 Å². The Balaban J connectivity index is 1.49. The van der Waals surface area contributed by atoms with Crippen LogP contribution in [0.15, 0.2) is 73.3 Å². The highest BCUT2D eigenvalue weighted by Crippen LogP contribution is 2.04. The summed E-state index contributed by atoms with van der Waals surface area (Å²) in [5.41, 5.74) is 2.51. The Labute approximate surface area is 147 Å². The van der Waals surface area contributed by atoms with Gasteiger partial charge in [0.05, 0.1) is 6.33 Å². The summed E-state index contributed by atoms with van der Waals surface area (Å²) in [4.78, 5) is 16.1. The molecule has 0 saturated carbocycles. The van der Waals surface area contributed by atoms with E-state index < -0.39 is 0 Å². The van der Waals surface area contributed by atoms with Crippen LogP contribution in [-0.4, -0.2) is 22.0 Å². The first-order valence-corrected chi connectivity index (χ1v) is 8.22. The molecule has 25 heavy (non-hydrogen) atoms. The maximum Gasteiger partial charge on any atom is 0.251 e. The van der Waals surface area contributed by atoms with Gasteiger partial charge in [0.25, 0.3) is 5.91 Å². The second kappa shape index (κ2) is 8.51. The topological polar surface area (TPSA) is 46.9 Å². The fourth-order valence-electron chi connectivity index (χ4n) is 2.36. The predicted octanol–water partition coefficient (Wildman–Crippen LogP) is 3.10. The highest BCUT2D eigenvalue weighted by Gasteiger charge is 2.04. The van der Waals surface area contributed by atoms with Gasteiger partial charge in [-0.25, -0.2) is 4.98 Å². The number of rotatable bonds is 5. The van der Waals surface area contributed by atoms with Gasteiger partial charge in [0, 0.05) is 42.2 Å². The summed E-state index contributed by atoms with van der Waals surface area (Å²) in [6.45, 7) is 1.47. The second-order valence-electron chi connectivity index (χ2n) is 5.60. The van der Waals surface area contributed by atoms with Crippen molar-refractivity contribution in [2.24, 2.45) is 0 Å². The molecular formula is C21H19N3O. The average molecular weight is 329 g/mol. The summed E-state index contributed by atoms with van der Waals surface area (Å²) in [5, 5.41) is 2.93. The molecule has 1 aromatic heterocycles. The van der Waals surface area contributed by atoms with Gasteiger partial charge in [-0.1, -0.05) is 30.0 Å². The summed E-state index contributed by atoms with van der Waals surface area (Å²) < 4.78 is 1.99. The first kappa shape index (κ1) is 16.5. The fraction of sp³-hybridized carbons (Fsp3) is 0.143. The molecule has 3 aromatic rings. The molecule has 1 N–H and O–H groups in total. The number of nitrogens with one attached hydrogen (secondary N) is 1. The summed E-state index contributed by atoms with van der Waals surface area (Å²) >= 11 is 0. The lowest BCUT2D eigenvalue weighted by Gasteiger charge is -2.06. The molecule has 0 aliphatic heterocycles. The van der Waals surface area contributed by atoms with Gasteiger partial charge in [-0.2, -0.15) is 0 Å². The van der Waals surface area contributed by atoms with E-state index in [1.807, 2.05) is 53.2 Å². The monoisotopic (exact) mass is 329 g/mol. The molecule has 1 heterocycles. The van der Waals surface area contributed by atoms with Crippen LogP contribution in [0.5, 0.6) is 0 Å². The lowest BCUT2D eigenvalue weighted by molar-refractivity contribution is 0.0952. The number of aryl methyl sites for hydroxylation is 1. The van der Waals surface area contributed by atoms with Gasteiger partial charge < -0.3 is 9.88 Å². The normalized spacial score (nSPS) is 9.92. The van der Waals surface area contributed by atoms with Crippen LogP contribution >= 0.6 is 0 Å². The minimum atomic E-state index is -0.0619. The molecule has 3 rings (SSSR count). The number of hydrogen-bond acceptors (Lipinski definition) is 2. The Morgan fingerprint density at radius 1 is 1.00 bits per heavy atom.